The van der Waals surface area contributed by atoms with Gasteiger partial charge in [-0.2, -0.15) is 0 Å². The lowest BCUT2D eigenvalue weighted by Gasteiger charge is -2.21. The quantitative estimate of drug-likeness (QED) is 0.0222. The van der Waals surface area contributed by atoms with Crippen molar-refractivity contribution >= 4 is 39.5 Å². The maximum Gasteiger partial charge on any atom is 0.472 e. The number of carbonyl (C=O) groups excluding carboxylic acids is 4. The Balaban J connectivity index is 5.23. The second-order valence-electron chi connectivity index (χ2n) is 30.4. The number of aliphatic hydroxyl groups excluding tert-OH is 1. The van der Waals surface area contributed by atoms with Crippen molar-refractivity contribution in [3.8, 4) is 0 Å². The Labute approximate surface area is 600 Å². The first-order valence-corrected chi connectivity index (χ1v) is 43.7. The number of rotatable bonds is 76. The Kier molecular flexibility index (Phi) is 66.8. The van der Waals surface area contributed by atoms with E-state index in [1.54, 1.807) is 0 Å². The van der Waals surface area contributed by atoms with Gasteiger partial charge in [-0.05, 0) is 49.4 Å². The maximum absolute atomic E-state index is 13.1. The number of unbranched alkanes of at least 4 members (excludes halogenated alkanes) is 42. The third kappa shape index (κ3) is 72.4. The van der Waals surface area contributed by atoms with Gasteiger partial charge in [-0.15, -0.1) is 0 Å². The highest BCUT2D eigenvalue weighted by Gasteiger charge is 2.30. The van der Waals surface area contributed by atoms with Crippen LogP contribution in [0.25, 0.3) is 0 Å². The molecule has 0 bridgehead atoms. The molecule has 0 saturated carbocycles. The van der Waals surface area contributed by atoms with Crippen molar-refractivity contribution in [3.63, 3.8) is 0 Å². The smallest absolute Gasteiger partial charge is 0.462 e. The minimum absolute atomic E-state index is 0.106. The number of hydrogen-bond donors (Lipinski definition) is 3. The highest BCUT2D eigenvalue weighted by molar-refractivity contribution is 7.47. The molecule has 0 aliphatic heterocycles. The van der Waals surface area contributed by atoms with Gasteiger partial charge >= 0.3 is 39.5 Å². The molecule has 0 aromatic rings. The van der Waals surface area contributed by atoms with Gasteiger partial charge < -0.3 is 33.8 Å². The monoisotopic (exact) mass is 1440 g/mol. The number of phosphoric ester groups is 2. The van der Waals surface area contributed by atoms with E-state index in [4.69, 9.17) is 37.0 Å². The van der Waals surface area contributed by atoms with E-state index in [1.165, 1.54) is 199 Å². The number of phosphoric acid groups is 2. The molecule has 0 radical (unpaired) electrons. The topological polar surface area (TPSA) is 237 Å². The summed E-state index contributed by atoms with van der Waals surface area (Å²) in [6, 6.07) is 0. The zero-order valence-corrected chi connectivity index (χ0v) is 66.2. The number of aliphatic hydroxyl groups is 1. The van der Waals surface area contributed by atoms with Crippen LogP contribution < -0.4 is 0 Å². The molecule has 0 rings (SSSR count). The number of ether oxygens (including phenoxy) is 4. The van der Waals surface area contributed by atoms with Crippen molar-refractivity contribution in [2.24, 2.45) is 23.7 Å². The molecule has 19 heteroatoms. The van der Waals surface area contributed by atoms with E-state index < -0.39 is 97.5 Å². The van der Waals surface area contributed by atoms with Gasteiger partial charge in [0.2, 0.25) is 0 Å². The highest BCUT2D eigenvalue weighted by Crippen LogP contribution is 2.45. The molecule has 0 aliphatic rings. The number of hydrogen-bond acceptors (Lipinski definition) is 15. The van der Waals surface area contributed by atoms with E-state index in [0.29, 0.717) is 31.6 Å². The fraction of sp³-hybridized carbons (Fsp3) is 0.949. The molecule has 582 valence electrons. The summed E-state index contributed by atoms with van der Waals surface area (Å²) in [5, 5.41) is 10.6. The van der Waals surface area contributed by atoms with Crippen LogP contribution in [-0.2, 0) is 65.4 Å². The van der Waals surface area contributed by atoms with Crippen LogP contribution in [0.2, 0.25) is 0 Å². The van der Waals surface area contributed by atoms with E-state index in [2.05, 4.69) is 55.4 Å². The summed E-state index contributed by atoms with van der Waals surface area (Å²) in [4.78, 5) is 72.9. The Hall–Kier alpha value is -1.94. The second kappa shape index (κ2) is 68.2. The first-order chi connectivity index (χ1) is 47.1. The third-order valence-corrected chi connectivity index (χ3v) is 20.2. The Morgan fingerprint density at radius 2 is 0.429 bits per heavy atom. The van der Waals surface area contributed by atoms with Crippen molar-refractivity contribution < 1.29 is 80.2 Å². The molecule has 0 spiro atoms. The van der Waals surface area contributed by atoms with E-state index in [-0.39, 0.29) is 25.7 Å². The SMILES string of the molecule is CC(C)CCCCCCCCCCCCCCCCCCC(=O)O[C@H](COC(=O)CCCCCCCCCC(C)C)COP(=O)(O)OCC(O)COP(=O)(O)OC[C@@H](COC(=O)CCCCCCCCCCCCCCC(C)C)OC(=O)CCCCCCCCCCCCCC(C)C. The van der Waals surface area contributed by atoms with E-state index in [9.17, 15) is 43.2 Å². The van der Waals surface area contributed by atoms with Crippen LogP contribution >= 0.6 is 15.6 Å². The summed E-state index contributed by atoms with van der Waals surface area (Å²) in [6.07, 6.45) is 54.2. The van der Waals surface area contributed by atoms with E-state index >= 15 is 0 Å². The molecule has 0 heterocycles. The van der Waals surface area contributed by atoms with Crippen LogP contribution in [0.3, 0.4) is 0 Å². The zero-order valence-electron chi connectivity index (χ0n) is 64.4. The lowest BCUT2D eigenvalue weighted by atomic mass is 10.0. The van der Waals surface area contributed by atoms with Gasteiger partial charge in [0.25, 0.3) is 0 Å². The molecule has 0 saturated heterocycles. The number of esters is 4. The Bertz CT molecular complexity index is 1920. The van der Waals surface area contributed by atoms with Gasteiger partial charge in [-0.25, -0.2) is 9.13 Å². The standard InChI is InChI=1S/C79H154O17P2/c1-69(2)55-47-39-31-24-18-13-11-9-10-12-14-22-28-36-45-53-61-78(83)96-75(66-90-77(82)60-52-44-38-30-34-42-50-58-72(7)8)68-94-98(87,88)92-64-73(80)63-91-97(85,86)93-67-74(95-79(84)62-54-46-37-29-23-17-20-26-33-41-49-57-71(5)6)65-89-76(81)59-51-43-35-27-21-16-15-19-25-32-40-48-56-70(3)4/h69-75,80H,9-68H2,1-8H3,(H,85,86)(H,87,88)/t73?,74-,75-/m1/s1. The molecule has 0 fully saturated rings. The summed E-state index contributed by atoms with van der Waals surface area (Å²) < 4.78 is 68.6. The van der Waals surface area contributed by atoms with Crippen molar-refractivity contribution in [1.29, 1.82) is 0 Å². The lowest BCUT2D eigenvalue weighted by molar-refractivity contribution is -0.161. The van der Waals surface area contributed by atoms with Crippen molar-refractivity contribution in [2.75, 3.05) is 39.6 Å². The summed E-state index contributed by atoms with van der Waals surface area (Å²) in [5.74, 6) is 0.944. The van der Waals surface area contributed by atoms with Crippen molar-refractivity contribution in [2.45, 2.75) is 420 Å². The van der Waals surface area contributed by atoms with Gasteiger partial charge in [0.15, 0.2) is 12.2 Å². The molecule has 0 aliphatic carbocycles. The van der Waals surface area contributed by atoms with Gasteiger partial charge in [-0.3, -0.25) is 37.3 Å². The molecule has 0 aromatic heterocycles. The van der Waals surface area contributed by atoms with Gasteiger partial charge in [0, 0.05) is 25.7 Å². The maximum atomic E-state index is 13.1. The summed E-state index contributed by atoms with van der Waals surface area (Å²) in [7, 11) is -9.92. The Morgan fingerprint density at radius 1 is 0.255 bits per heavy atom. The summed E-state index contributed by atoms with van der Waals surface area (Å²) in [6.45, 7) is 14.2. The van der Waals surface area contributed by atoms with Gasteiger partial charge in [0.05, 0.1) is 26.4 Å². The lowest BCUT2D eigenvalue weighted by Crippen LogP contribution is -2.30. The fourth-order valence-electron chi connectivity index (χ4n) is 12.1. The molecule has 17 nitrogen and oxygen atoms in total. The van der Waals surface area contributed by atoms with Crippen LogP contribution in [0.1, 0.15) is 402 Å². The average Bonchev–Trinajstić information content (AvgIpc) is 1.05. The van der Waals surface area contributed by atoms with Crippen LogP contribution in [0.15, 0.2) is 0 Å². The van der Waals surface area contributed by atoms with Crippen molar-refractivity contribution in [3.05, 3.63) is 0 Å². The minimum atomic E-state index is -4.96. The third-order valence-electron chi connectivity index (χ3n) is 18.3. The number of carbonyl (C=O) groups is 4. The minimum Gasteiger partial charge on any atom is -0.462 e. The zero-order chi connectivity index (χ0) is 72.4. The molecule has 0 amide bonds. The van der Waals surface area contributed by atoms with Crippen LogP contribution in [-0.4, -0.2) is 96.7 Å². The van der Waals surface area contributed by atoms with Gasteiger partial charge in [0.1, 0.15) is 19.3 Å². The van der Waals surface area contributed by atoms with E-state index in [0.717, 1.165) is 114 Å². The first-order valence-electron chi connectivity index (χ1n) is 40.7. The van der Waals surface area contributed by atoms with Crippen molar-refractivity contribution in [1.82, 2.24) is 0 Å². The summed E-state index contributed by atoms with van der Waals surface area (Å²) in [5.41, 5.74) is 0. The summed E-state index contributed by atoms with van der Waals surface area (Å²) >= 11 is 0. The van der Waals surface area contributed by atoms with Gasteiger partial charge in [-0.1, -0.05) is 351 Å². The molecule has 3 unspecified atom stereocenters. The first kappa shape index (κ1) is 96.1. The normalized spacial score (nSPS) is 14.1. The molecule has 3 N–H and O–H groups in total. The molecule has 0 aromatic carbocycles. The molecule has 98 heavy (non-hydrogen) atoms. The molecular formula is C79H154O17P2. The van der Waals surface area contributed by atoms with Crippen LogP contribution in [0.5, 0.6) is 0 Å². The Morgan fingerprint density at radius 3 is 0.633 bits per heavy atom. The largest absolute Gasteiger partial charge is 0.472 e. The second-order valence-corrected chi connectivity index (χ2v) is 33.3. The predicted molar refractivity (Wildman–Crippen MR) is 400 cm³/mol. The van der Waals surface area contributed by atoms with Crippen LogP contribution in [0, 0.1) is 23.7 Å². The van der Waals surface area contributed by atoms with E-state index in [1.807, 2.05) is 0 Å². The highest BCUT2D eigenvalue weighted by atomic mass is 31.2. The fourth-order valence-corrected chi connectivity index (χ4v) is 13.7. The average molecular weight is 1440 g/mol. The molecule has 5 atom stereocenters. The van der Waals surface area contributed by atoms with Crippen LogP contribution in [0.4, 0.5) is 0 Å². The molecular weight excluding hydrogens is 1280 g/mol. The predicted octanol–water partition coefficient (Wildman–Crippen LogP) is 23.2.